The van der Waals surface area contributed by atoms with E-state index in [9.17, 15) is 23.5 Å². The van der Waals surface area contributed by atoms with Crippen molar-refractivity contribution >= 4 is 11.8 Å². The van der Waals surface area contributed by atoms with Crippen LogP contribution in [0.5, 0.6) is 0 Å². The third kappa shape index (κ3) is 10.2. The molecule has 0 saturated heterocycles. The molecule has 2 atom stereocenters. The number of carbonyl (C=O) groups is 2. The Kier molecular flexibility index (Phi) is 12.7. The standard InChI is InChI=1S/C33H43F2N5O3/c1-6-8-40(9-7-2)33(43)26-11-22(5)10-25(16-26)32(42)38-30(14-23-12-27(34)17-28(35)13-23)31(41)20-36-18-24-15-29(21(3)4)39-37-19-24/h10-13,15-17,19,21,30-31,36,41H,6-9,14,18,20H2,1-5H3,(H,38,42)/t30-,31+/m0/s1. The van der Waals surface area contributed by atoms with Crippen LogP contribution in [0.25, 0.3) is 0 Å². The first-order valence-corrected chi connectivity index (χ1v) is 14.9. The number of nitrogens with zero attached hydrogens (tertiary/aromatic N) is 3. The van der Waals surface area contributed by atoms with Gasteiger partial charge in [-0.1, -0.05) is 27.7 Å². The molecule has 1 heterocycles. The van der Waals surface area contributed by atoms with Crippen molar-refractivity contribution in [2.75, 3.05) is 19.6 Å². The van der Waals surface area contributed by atoms with Crippen LogP contribution in [0.1, 0.15) is 89.6 Å². The van der Waals surface area contributed by atoms with Crippen molar-refractivity contribution in [3.63, 3.8) is 0 Å². The Bertz CT molecular complexity index is 1360. The van der Waals surface area contributed by atoms with Crippen LogP contribution < -0.4 is 10.6 Å². The van der Waals surface area contributed by atoms with Gasteiger partial charge >= 0.3 is 0 Å². The number of aryl methyl sites for hydroxylation is 1. The van der Waals surface area contributed by atoms with Crippen LogP contribution in [-0.2, 0) is 13.0 Å². The molecule has 0 aliphatic carbocycles. The van der Waals surface area contributed by atoms with E-state index < -0.39 is 29.7 Å². The molecule has 43 heavy (non-hydrogen) atoms. The fourth-order valence-corrected chi connectivity index (χ4v) is 4.90. The highest BCUT2D eigenvalue weighted by molar-refractivity contribution is 6.00. The smallest absolute Gasteiger partial charge is 0.253 e. The lowest BCUT2D eigenvalue weighted by Crippen LogP contribution is -2.48. The number of aliphatic hydroxyl groups is 1. The third-order valence-corrected chi connectivity index (χ3v) is 7.02. The number of carbonyl (C=O) groups excluding carboxylic acids is 2. The number of hydrogen-bond acceptors (Lipinski definition) is 6. The fraction of sp³-hybridized carbons (Fsp3) is 0.455. The minimum absolute atomic E-state index is 0.0179. The van der Waals surface area contributed by atoms with Crippen molar-refractivity contribution in [2.24, 2.45) is 0 Å². The summed E-state index contributed by atoms with van der Waals surface area (Å²) in [6.45, 7) is 11.6. The first-order valence-electron chi connectivity index (χ1n) is 14.9. The lowest BCUT2D eigenvalue weighted by atomic mass is 9.99. The quantitative estimate of drug-likeness (QED) is 0.230. The van der Waals surface area contributed by atoms with Gasteiger partial charge in [0, 0.05) is 43.4 Å². The first kappa shape index (κ1) is 33.7. The molecule has 0 aliphatic rings. The summed E-state index contributed by atoms with van der Waals surface area (Å²) in [5.74, 6) is -1.93. The summed E-state index contributed by atoms with van der Waals surface area (Å²) in [6.07, 6.45) is 2.14. The van der Waals surface area contributed by atoms with Crippen LogP contribution in [0.2, 0.25) is 0 Å². The second kappa shape index (κ2) is 16.2. The summed E-state index contributed by atoms with van der Waals surface area (Å²) in [6, 6.07) is 9.15. The van der Waals surface area contributed by atoms with E-state index in [2.05, 4.69) is 20.8 Å². The zero-order valence-electron chi connectivity index (χ0n) is 25.7. The van der Waals surface area contributed by atoms with E-state index in [-0.39, 0.29) is 35.9 Å². The van der Waals surface area contributed by atoms with Gasteiger partial charge in [-0.3, -0.25) is 9.59 Å². The number of amides is 2. The molecule has 10 heteroatoms. The van der Waals surface area contributed by atoms with Crippen molar-refractivity contribution in [1.82, 2.24) is 25.7 Å². The average Bonchev–Trinajstić information content (AvgIpc) is 2.95. The molecule has 8 nitrogen and oxygen atoms in total. The number of rotatable bonds is 15. The van der Waals surface area contributed by atoms with Crippen molar-refractivity contribution in [2.45, 2.75) is 78.5 Å². The van der Waals surface area contributed by atoms with E-state index in [0.717, 1.165) is 35.7 Å². The largest absolute Gasteiger partial charge is 0.390 e. The number of halogens is 2. The third-order valence-electron chi connectivity index (χ3n) is 7.02. The van der Waals surface area contributed by atoms with Crippen LogP contribution in [-0.4, -0.2) is 63.8 Å². The SMILES string of the molecule is CCCN(CCC)C(=O)c1cc(C)cc(C(=O)N[C@@H](Cc2cc(F)cc(F)c2)[C@H](O)CNCc2cnnc(C(C)C)c2)c1. The Morgan fingerprint density at radius 2 is 1.58 bits per heavy atom. The maximum Gasteiger partial charge on any atom is 0.253 e. The van der Waals surface area contributed by atoms with Crippen molar-refractivity contribution in [3.8, 4) is 0 Å². The van der Waals surface area contributed by atoms with E-state index in [1.54, 1.807) is 29.3 Å². The highest BCUT2D eigenvalue weighted by atomic mass is 19.1. The molecule has 0 aliphatic heterocycles. The molecule has 0 fully saturated rings. The van der Waals surface area contributed by atoms with Gasteiger partial charge in [-0.15, -0.1) is 0 Å². The van der Waals surface area contributed by atoms with Crippen LogP contribution >= 0.6 is 0 Å². The van der Waals surface area contributed by atoms with Gasteiger partial charge in [0.25, 0.3) is 11.8 Å². The number of aromatic nitrogens is 2. The summed E-state index contributed by atoms with van der Waals surface area (Å²) >= 11 is 0. The van der Waals surface area contributed by atoms with E-state index in [4.69, 9.17) is 0 Å². The average molecular weight is 596 g/mol. The zero-order chi connectivity index (χ0) is 31.5. The summed E-state index contributed by atoms with van der Waals surface area (Å²) in [7, 11) is 0. The van der Waals surface area contributed by atoms with Crippen molar-refractivity contribution < 1.29 is 23.5 Å². The molecule has 0 spiro atoms. The van der Waals surface area contributed by atoms with Gasteiger partial charge in [0.1, 0.15) is 11.6 Å². The normalized spacial score (nSPS) is 12.7. The molecular weight excluding hydrogens is 552 g/mol. The maximum absolute atomic E-state index is 14.0. The van der Waals surface area contributed by atoms with Crippen LogP contribution in [0.3, 0.4) is 0 Å². The molecule has 2 aromatic carbocycles. The van der Waals surface area contributed by atoms with Gasteiger partial charge in [0.05, 0.1) is 24.0 Å². The van der Waals surface area contributed by atoms with Crippen LogP contribution in [0, 0.1) is 18.6 Å². The zero-order valence-corrected chi connectivity index (χ0v) is 25.7. The van der Waals surface area contributed by atoms with Crippen LogP contribution in [0.15, 0.2) is 48.7 Å². The second-order valence-corrected chi connectivity index (χ2v) is 11.3. The topological polar surface area (TPSA) is 107 Å². The molecule has 1 aromatic heterocycles. The number of nitrogens with one attached hydrogen (secondary N) is 2. The second-order valence-electron chi connectivity index (χ2n) is 11.3. The molecule has 0 saturated carbocycles. The van der Waals surface area contributed by atoms with Gasteiger partial charge in [-0.2, -0.15) is 10.2 Å². The molecule has 3 N–H and O–H groups in total. The van der Waals surface area contributed by atoms with Gasteiger partial charge < -0.3 is 20.6 Å². The highest BCUT2D eigenvalue weighted by Gasteiger charge is 2.24. The summed E-state index contributed by atoms with van der Waals surface area (Å²) < 4.78 is 28.0. The molecule has 0 bridgehead atoms. The minimum atomic E-state index is -1.11. The Morgan fingerprint density at radius 3 is 2.21 bits per heavy atom. The molecule has 232 valence electrons. The Labute approximate surface area is 252 Å². The van der Waals surface area contributed by atoms with Crippen molar-refractivity contribution in [3.05, 3.63) is 93.8 Å². The minimum Gasteiger partial charge on any atom is -0.390 e. The van der Waals surface area contributed by atoms with Gasteiger partial charge in [0.2, 0.25) is 0 Å². The molecule has 3 aromatic rings. The predicted octanol–water partition coefficient (Wildman–Crippen LogP) is 4.94. The maximum atomic E-state index is 14.0. The van der Waals surface area contributed by atoms with E-state index in [0.29, 0.717) is 25.2 Å². The Hall–Kier alpha value is -3.76. The first-order chi connectivity index (χ1) is 20.5. The Morgan fingerprint density at radius 1 is 0.930 bits per heavy atom. The molecule has 2 amide bonds. The lowest BCUT2D eigenvalue weighted by molar-refractivity contribution is 0.0755. The van der Waals surface area contributed by atoms with Crippen LogP contribution in [0.4, 0.5) is 8.78 Å². The summed E-state index contributed by atoms with van der Waals surface area (Å²) in [5.41, 5.74) is 3.43. The van der Waals surface area contributed by atoms with Gasteiger partial charge in [-0.25, -0.2) is 8.78 Å². The number of hydrogen-bond donors (Lipinski definition) is 3. The monoisotopic (exact) mass is 595 g/mol. The molecule has 0 radical (unpaired) electrons. The fourth-order valence-electron chi connectivity index (χ4n) is 4.90. The van der Waals surface area contributed by atoms with E-state index >= 15 is 0 Å². The Balaban J connectivity index is 1.80. The molecule has 3 rings (SSSR count). The predicted molar refractivity (Wildman–Crippen MR) is 163 cm³/mol. The summed E-state index contributed by atoms with van der Waals surface area (Å²) in [4.78, 5) is 28.5. The number of benzene rings is 2. The van der Waals surface area contributed by atoms with Gasteiger partial charge in [0.15, 0.2) is 0 Å². The summed E-state index contributed by atoms with van der Waals surface area (Å²) in [5, 5.41) is 25.3. The van der Waals surface area contributed by atoms with Gasteiger partial charge in [-0.05, 0) is 85.2 Å². The highest BCUT2D eigenvalue weighted by Crippen LogP contribution is 2.16. The van der Waals surface area contributed by atoms with E-state index in [1.807, 2.05) is 40.7 Å². The van der Waals surface area contributed by atoms with Crippen molar-refractivity contribution in [1.29, 1.82) is 0 Å². The molecular formula is C33H43F2N5O3. The lowest BCUT2D eigenvalue weighted by Gasteiger charge is -2.25. The van der Waals surface area contributed by atoms with E-state index in [1.165, 1.54) is 12.1 Å². The number of aliphatic hydroxyl groups excluding tert-OH is 1. The molecule has 0 unspecified atom stereocenters.